The van der Waals surface area contributed by atoms with Gasteiger partial charge in [-0.25, -0.2) is 8.78 Å². The van der Waals surface area contributed by atoms with E-state index in [1.54, 1.807) is 0 Å². The van der Waals surface area contributed by atoms with Crippen molar-refractivity contribution in [2.45, 2.75) is 17.7 Å². The largest absolute Gasteiger partial charge is 0.207 e. The predicted octanol–water partition coefficient (Wildman–Crippen LogP) is 5.02. The lowest BCUT2D eigenvalue weighted by Crippen LogP contribution is -1.92. The molecule has 0 aliphatic rings. The highest BCUT2D eigenvalue weighted by molar-refractivity contribution is 7.98. The van der Waals surface area contributed by atoms with Gasteiger partial charge in [-0.15, -0.1) is 10.2 Å². The van der Waals surface area contributed by atoms with E-state index in [2.05, 4.69) is 10.2 Å². The molecule has 3 rings (SSSR count). The fourth-order valence-corrected chi connectivity index (χ4v) is 2.87. The van der Waals surface area contributed by atoms with Crippen LogP contribution in [0.15, 0.2) is 59.6 Å². The van der Waals surface area contributed by atoms with Crippen LogP contribution in [-0.2, 0) is 5.75 Å². The van der Waals surface area contributed by atoms with Crippen LogP contribution in [0.2, 0.25) is 0 Å². The van der Waals surface area contributed by atoms with Gasteiger partial charge < -0.3 is 0 Å². The Morgan fingerprint density at radius 2 is 1.70 bits per heavy atom. The van der Waals surface area contributed by atoms with Crippen LogP contribution in [0.3, 0.4) is 0 Å². The second-order valence-electron chi connectivity index (χ2n) is 5.15. The Morgan fingerprint density at radius 1 is 0.913 bits per heavy atom. The molecule has 2 nitrogen and oxygen atoms in total. The third kappa shape index (κ3) is 3.93. The molecule has 1 aromatic heterocycles. The number of rotatable bonds is 4. The Morgan fingerprint density at radius 3 is 2.39 bits per heavy atom. The highest BCUT2D eigenvalue weighted by Crippen LogP contribution is 2.24. The first-order valence-electron chi connectivity index (χ1n) is 7.09. The van der Waals surface area contributed by atoms with Crippen molar-refractivity contribution in [3.63, 3.8) is 0 Å². The van der Waals surface area contributed by atoms with Crippen molar-refractivity contribution < 1.29 is 8.78 Å². The number of benzene rings is 2. The molecule has 5 heteroatoms. The van der Waals surface area contributed by atoms with Gasteiger partial charge in [0, 0.05) is 16.9 Å². The van der Waals surface area contributed by atoms with Gasteiger partial charge in [0.2, 0.25) is 0 Å². The Kier molecular flexibility index (Phi) is 4.67. The number of hydrogen-bond acceptors (Lipinski definition) is 3. The maximum Gasteiger partial charge on any atom is 0.127 e. The van der Waals surface area contributed by atoms with E-state index in [1.807, 2.05) is 43.3 Å². The summed E-state index contributed by atoms with van der Waals surface area (Å²) in [6, 6.07) is 15.2. The standard InChI is InChI=1S/C18H14F2N2S/c1-12-2-4-13(5-3-12)17-8-9-18(22-21-17)23-11-14-10-15(19)6-7-16(14)20/h2-10H,11H2,1H3. The van der Waals surface area contributed by atoms with Crippen molar-refractivity contribution in [1.82, 2.24) is 10.2 Å². The van der Waals surface area contributed by atoms with Crippen LogP contribution in [0.5, 0.6) is 0 Å². The normalized spacial score (nSPS) is 10.7. The van der Waals surface area contributed by atoms with Crippen molar-refractivity contribution in [2.24, 2.45) is 0 Å². The predicted molar refractivity (Wildman–Crippen MR) is 88.1 cm³/mol. The van der Waals surface area contributed by atoms with Gasteiger partial charge in [0.05, 0.1) is 5.69 Å². The minimum absolute atomic E-state index is 0.308. The molecule has 0 saturated heterocycles. The summed E-state index contributed by atoms with van der Waals surface area (Å²) in [6.45, 7) is 2.03. The Hall–Kier alpha value is -2.27. The van der Waals surface area contributed by atoms with Crippen molar-refractivity contribution in [2.75, 3.05) is 0 Å². The monoisotopic (exact) mass is 328 g/mol. The van der Waals surface area contributed by atoms with Gasteiger partial charge in [0.1, 0.15) is 16.7 Å². The summed E-state index contributed by atoms with van der Waals surface area (Å²) >= 11 is 1.32. The number of aryl methyl sites for hydroxylation is 1. The molecule has 2 aromatic carbocycles. The molecule has 0 bridgehead atoms. The lowest BCUT2D eigenvalue weighted by Gasteiger charge is -2.04. The van der Waals surface area contributed by atoms with Gasteiger partial charge in [0.25, 0.3) is 0 Å². The molecule has 3 aromatic rings. The molecule has 116 valence electrons. The number of nitrogens with zero attached hydrogens (tertiary/aromatic N) is 2. The van der Waals surface area contributed by atoms with E-state index in [0.717, 1.165) is 23.4 Å². The Balaban J connectivity index is 1.70. The highest BCUT2D eigenvalue weighted by atomic mass is 32.2. The van der Waals surface area contributed by atoms with Crippen molar-refractivity contribution in [3.05, 3.63) is 77.4 Å². The quantitative estimate of drug-likeness (QED) is 0.629. The summed E-state index contributed by atoms with van der Waals surface area (Å²) in [7, 11) is 0. The molecule has 1 heterocycles. The molecule has 0 N–H and O–H groups in total. The summed E-state index contributed by atoms with van der Waals surface area (Å²) in [5, 5.41) is 9.00. The van der Waals surface area contributed by atoms with Crippen molar-refractivity contribution in [1.29, 1.82) is 0 Å². The van der Waals surface area contributed by atoms with Gasteiger partial charge in [0.15, 0.2) is 0 Å². The zero-order valence-electron chi connectivity index (χ0n) is 12.5. The third-order valence-corrected chi connectivity index (χ3v) is 4.34. The maximum absolute atomic E-state index is 13.6. The second kappa shape index (κ2) is 6.87. The van der Waals surface area contributed by atoms with Gasteiger partial charge in [-0.1, -0.05) is 41.6 Å². The Bertz CT molecular complexity index is 802. The molecule has 23 heavy (non-hydrogen) atoms. The zero-order valence-corrected chi connectivity index (χ0v) is 13.3. The van der Waals surface area contributed by atoms with Crippen molar-refractivity contribution in [3.8, 4) is 11.3 Å². The summed E-state index contributed by atoms with van der Waals surface area (Å²) in [4.78, 5) is 0. The van der Waals surface area contributed by atoms with E-state index in [0.29, 0.717) is 16.3 Å². The van der Waals surface area contributed by atoms with E-state index in [9.17, 15) is 8.78 Å². The minimum atomic E-state index is -0.442. The maximum atomic E-state index is 13.6. The molecule has 0 radical (unpaired) electrons. The molecular formula is C18H14F2N2S. The first-order valence-corrected chi connectivity index (χ1v) is 8.08. The lowest BCUT2D eigenvalue weighted by molar-refractivity contribution is 0.591. The smallest absolute Gasteiger partial charge is 0.127 e. The SMILES string of the molecule is Cc1ccc(-c2ccc(SCc3cc(F)ccc3F)nn2)cc1. The van der Waals surface area contributed by atoms with Crippen LogP contribution in [0.1, 0.15) is 11.1 Å². The molecule has 0 fully saturated rings. The van der Waals surface area contributed by atoms with E-state index < -0.39 is 11.6 Å². The molecule has 0 saturated carbocycles. The van der Waals surface area contributed by atoms with Crippen LogP contribution < -0.4 is 0 Å². The van der Waals surface area contributed by atoms with Crippen LogP contribution in [0, 0.1) is 18.6 Å². The zero-order chi connectivity index (χ0) is 16.2. The molecule has 0 unspecified atom stereocenters. The molecule has 0 amide bonds. The number of thioether (sulfide) groups is 1. The van der Waals surface area contributed by atoms with Crippen LogP contribution in [0.4, 0.5) is 8.78 Å². The van der Waals surface area contributed by atoms with Crippen LogP contribution in [0.25, 0.3) is 11.3 Å². The minimum Gasteiger partial charge on any atom is -0.207 e. The average Bonchev–Trinajstić information content (AvgIpc) is 2.57. The third-order valence-electron chi connectivity index (χ3n) is 3.37. The summed E-state index contributed by atoms with van der Waals surface area (Å²) < 4.78 is 26.7. The average molecular weight is 328 g/mol. The topological polar surface area (TPSA) is 25.8 Å². The summed E-state index contributed by atoms with van der Waals surface area (Å²) in [5.74, 6) is -0.548. The first kappa shape index (κ1) is 15.6. The Labute approximate surface area is 137 Å². The first-order chi connectivity index (χ1) is 11.1. The fraction of sp³-hybridized carbons (Fsp3) is 0.111. The highest BCUT2D eigenvalue weighted by Gasteiger charge is 2.06. The second-order valence-corrected chi connectivity index (χ2v) is 6.14. The van der Waals surface area contributed by atoms with Crippen LogP contribution in [-0.4, -0.2) is 10.2 Å². The fourth-order valence-electron chi connectivity index (χ4n) is 2.08. The summed E-state index contributed by atoms with van der Waals surface area (Å²) in [5.41, 5.74) is 3.28. The van der Waals surface area contributed by atoms with E-state index in [1.165, 1.54) is 23.4 Å². The molecule has 0 aliphatic carbocycles. The van der Waals surface area contributed by atoms with Gasteiger partial charge in [-0.05, 0) is 37.3 Å². The van der Waals surface area contributed by atoms with Crippen LogP contribution >= 0.6 is 11.8 Å². The van der Waals surface area contributed by atoms with Gasteiger partial charge in [-0.2, -0.15) is 0 Å². The van der Waals surface area contributed by atoms with E-state index in [-0.39, 0.29) is 0 Å². The number of aromatic nitrogens is 2. The number of halogens is 2. The lowest BCUT2D eigenvalue weighted by atomic mass is 10.1. The van der Waals surface area contributed by atoms with Gasteiger partial charge in [-0.3, -0.25) is 0 Å². The number of hydrogen-bond donors (Lipinski definition) is 0. The van der Waals surface area contributed by atoms with Crippen molar-refractivity contribution >= 4 is 11.8 Å². The van der Waals surface area contributed by atoms with E-state index >= 15 is 0 Å². The molecule has 0 atom stereocenters. The van der Waals surface area contributed by atoms with Gasteiger partial charge >= 0.3 is 0 Å². The molecular weight excluding hydrogens is 314 g/mol. The molecule has 0 spiro atoms. The summed E-state index contributed by atoms with van der Waals surface area (Å²) in [6.07, 6.45) is 0. The molecule has 0 aliphatic heterocycles. The van der Waals surface area contributed by atoms with E-state index in [4.69, 9.17) is 0 Å².